The Morgan fingerprint density at radius 1 is 1.44 bits per heavy atom. The van der Waals surface area contributed by atoms with Gasteiger partial charge < -0.3 is 4.90 Å². The van der Waals surface area contributed by atoms with Crippen molar-refractivity contribution in [3.63, 3.8) is 0 Å². The summed E-state index contributed by atoms with van der Waals surface area (Å²) < 4.78 is 54.0. The molecule has 0 spiro atoms. The second kappa shape index (κ2) is 7.12. The van der Waals surface area contributed by atoms with Crippen molar-refractivity contribution in [3.05, 3.63) is 34.7 Å². The van der Waals surface area contributed by atoms with Crippen LogP contribution in [0, 0.1) is 11.3 Å². The lowest BCUT2D eigenvalue weighted by atomic mass is 10.3. The molecule has 0 aliphatic carbocycles. The molecule has 0 saturated carbocycles. The zero-order valence-corrected chi connectivity index (χ0v) is 14.5. The average molecular weight is 389 g/mol. The first kappa shape index (κ1) is 18.8. The Balaban J connectivity index is 2.44. The molecule has 8 nitrogen and oxygen atoms in total. The molecule has 0 bridgehead atoms. The van der Waals surface area contributed by atoms with Crippen molar-refractivity contribution in [2.24, 2.45) is 4.40 Å². The predicted octanol–water partition coefficient (Wildman–Crippen LogP) is 2.01. The lowest BCUT2D eigenvalue weighted by Crippen LogP contribution is -2.10. The molecule has 0 aromatic carbocycles. The first-order valence-electron chi connectivity index (χ1n) is 6.57. The summed E-state index contributed by atoms with van der Waals surface area (Å²) in [5.74, 6) is -0.0241. The van der Waals surface area contributed by atoms with E-state index in [2.05, 4.69) is 14.5 Å². The molecule has 25 heavy (non-hydrogen) atoms. The van der Waals surface area contributed by atoms with Gasteiger partial charge in [-0.05, 0) is 12.1 Å². The maximum Gasteiger partial charge on any atom is 0.285 e. The van der Waals surface area contributed by atoms with Crippen LogP contribution in [0.2, 0.25) is 5.15 Å². The highest BCUT2D eigenvalue weighted by molar-refractivity contribution is 7.90. The van der Waals surface area contributed by atoms with Crippen LogP contribution in [0.15, 0.2) is 27.6 Å². The molecule has 2 aromatic rings. The first-order valence-corrected chi connectivity index (χ1v) is 8.39. The topological polar surface area (TPSA) is 104 Å². The van der Waals surface area contributed by atoms with Crippen LogP contribution in [0.3, 0.4) is 0 Å². The molecule has 0 aliphatic heterocycles. The first-order chi connectivity index (χ1) is 11.7. The fourth-order valence-electron chi connectivity index (χ4n) is 1.69. The Kier molecular flexibility index (Phi) is 5.34. The molecule has 0 aliphatic rings. The van der Waals surface area contributed by atoms with Gasteiger partial charge in [-0.3, -0.25) is 0 Å². The number of halogens is 3. The zero-order chi connectivity index (χ0) is 18.8. The molecule has 12 heteroatoms. The summed E-state index contributed by atoms with van der Waals surface area (Å²) in [5.41, 5.74) is -1.24. The number of pyridine rings is 1. The smallest absolute Gasteiger partial charge is 0.285 e. The molecule has 132 valence electrons. The van der Waals surface area contributed by atoms with E-state index in [1.165, 1.54) is 17.0 Å². The number of sulfonamides is 1. The largest absolute Gasteiger partial charge is 0.368 e. The van der Waals surface area contributed by atoms with Crippen LogP contribution < -0.4 is 0 Å². The lowest BCUT2D eigenvalue weighted by Gasteiger charge is -2.05. The van der Waals surface area contributed by atoms with Crippen molar-refractivity contribution in [1.82, 2.24) is 19.7 Å². The van der Waals surface area contributed by atoms with Crippen molar-refractivity contribution in [1.29, 1.82) is 5.26 Å². The summed E-state index contributed by atoms with van der Waals surface area (Å²) in [6.07, 6.45) is -0.890. The van der Waals surface area contributed by atoms with E-state index in [1.807, 2.05) is 0 Å². The van der Waals surface area contributed by atoms with Crippen molar-refractivity contribution in [2.75, 3.05) is 14.1 Å². The number of aromatic nitrogens is 3. The van der Waals surface area contributed by atoms with Gasteiger partial charge in [-0.25, -0.2) is 18.4 Å². The van der Waals surface area contributed by atoms with Crippen LogP contribution in [0.25, 0.3) is 5.82 Å². The third-order valence-corrected chi connectivity index (χ3v) is 4.39. The molecule has 0 fully saturated rings. The molecule has 0 unspecified atom stereocenters. The second-order valence-corrected chi connectivity index (χ2v) is 6.88. The van der Waals surface area contributed by atoms with Gasteiger partial charge in [0.15, 0.2) is 11.0 Å². The maximum absolute atomic E-state index is 12.9. The van der Waals surface area contributed by atoms with Crippen LogP contribution >= 0.6 is 11.6 Å². The van der Waals surface area contributed by atoms with Crippen LogP contribution in [0.1, 0.15) is 17.7 Å². The van der Waals surface area contributed by atoms with Crippen molar-refractivity contribution in [3.8, 4) is 11.9 Å². The highest BCUT2D eigenvalue weighted by Gasteiger charge is 2.24. The number of hydrogen-bond donors (Lipinski definition) is 0. The number of hydrogen-bond acceptors (Lipinski definition) is 5. The normalized spacial score (nSPS) is 11.9. The highest BCUT2D eigenvalue weighted by atomic mass is 35.5. The third kappa shape index (κ3) is 3.92. The van der Waals surface area contributed by atoms with E-state index in [0.29, 0.717) is 0 Å². The zero-order valence-electron chi connectivity index (χ0n) is 12.9. The minimum atomic E-state index is -3.96. The quantitative estimate of drug-likeness (QED) is 0.573. The van der Waals surface area contributed by atoms with Gasteiger partial charge in [0.05, 0.1) is 0 Å². The molecular weight excluding hydrogens is 378 g/mol. The van der Waals surface area contributed by atoms with Crippen LogP contribution in [0.5, 0.6) is 0 Å². The summed E-state index contributed by atoms with van der Waals surface area (Å²) in [6.45, 7) is 0. The van der Waals surface area contributed by atoms with E-state index in [-0.39, 0.29) is 15.9 Å². The van der Waals surface area contributed by atoms with E-state index in [1.54, 1.807) is 20.2 Å². The van der Waals surface area contributed by atoms with Gasteiger partial charge in [0.25, 0.3) is 16.4 Å². The monoisotopic (exact) mass is 388 g/mol. The van der Waals surface area contributed by atoms with Crippen molar-refractivity contribution < 1.29 is 17.2 Å². The minimum absolute atomic E-state index is 0.0241. The number of rotatable bonds is 5. The van der Waals surface area contributed by atoms with E-state index >= 15 is 0 Å². The Bertz CT molecular complexity index is 948. The fraction of sp³-hybridized carbons (Fsp3) is 0.231. The Morgan fingerprint density at radius 3 is 2.56 bits per heavy atom. The van der Waals surface area contributed by atoms with E-state index in [9.17, 15) is 17.2 Å². The van der Waals surface area contributed by atoms with Crippen molar-refractivity contribution >= 4 is 28.0 Å². The second-order valence-electron chi connectivity index (χ2n) is 4.89. The summed E-state index contributed by atoms with van der Waals surface area (Å²) in [6, 6.07) is 3.95. The summed E-state index contributed by atoms with van der Waals surface area (Å²) >= 11 is 5.88. The molecule has 0 radical (unpaired) electrons. The van der Waals surface area contributed by atoms with Crippen molar-refractivity contribution in [2.45, 2.75) is 11.3 Å². The van der Waals surface area contributed by atoms with E-state index < -0.39 is 27.7 Å². The predicted molar refractivity (Wildman–Crippen MR) is 85.4 cm³/mol. The molecule has 2 aromatic heterocycles. The summed E-state index contributed by atoms with van der Waals surface area (Å²) in [5, 5.41) is 12.1. The Labute approximate surface area is 147 Å². The van der Waals surface area contributed by atoms with Gasteiger partial charge >= 0.3 is 0 Å². The van der Waals surface area contributed by atoms with Crippen LogP contribution in [-0.2, 0) is 10.0 Å². The number of nitriles is 1. The molecule has 0 amide bonds. The lowest BCUT2D eigenvalue weighted by molar-refractivity contribution is 0.145. The SMILES string of the molecule is CN(C)/C=N/S(=O)(=O)c1ccc(-n2nc(C(F)F)c(C#N)c2Cl)nc1. The standard InChI is InChI=1S/C13H11ClF2N6O2S/c1-21(2)7-19-25(23,24)8-3-4-10(18-6-8)22-12(14)9(5-17)11(20-22)13(15)16/h3-4,6-7,13H,1-2H3/b19-7+. The highest BCUT2D eigenvalue weighted by Crippen LogP contribution is 2.29. The fourth-order valence-corrected chi connectivity index (χ4v) is 2.81. The molecule has 2 rings (SSSR count). The summed E-state index contributed by atoms with van der Waals surface area (Å²) in [7, 11) is -0.746. The van der Waals surface area contributed by atoms with Crippen LogP contribution in [0.4, 0.5) is 8.78 Å². The molecular formula is C13H11ClF2N6O2S. The minimum Gasteiger partial charge on any atom is -0.368 e. The van der Waals surface area contributed by atoms with Gasteiger partial charge in [-0.2, -0.15) is 18.8 Å². The van der Waals surface area contributed by atoms with E-state index in [0.717, 1.165) is 17.2 Å². The van der Waals surface area contributed by atoms with Gasteiger partial charge in [0, 0.05) is 20.3 Å². The molecule has 2 heterocycles. The number of nitrogens with zero attached hydrogens (tertiary/aromatic N) is 6. The number of alkyl halides is 2. The van der Waals surface area contributed by atoms with Crippen LogP contribution in [-0.4, -0.2) is 48.5 Å². The van der Waals surface area contributed by atoms with Gasteiger partial charge in [-0.1, -0.05) is 11.6 Å². The molecule has 0 saturated heterocycles. The third-order valence-electron chi connectivity index (χ3n) is 2.83. The van der Waals surface area contributed by atoms with Gasteiger partial charge in [0.1, 0.15) is 28.6 Å². The summed E-state index contributed by atoms with van der Waals surface area (Å²) in [4.78, 5) is 5.09. The molecule has 0 atom stereocenters. The Hall–Kier alpha value is -2.58. The average Bonchev–Trinajstić information content (AvgIpc) is 2.90. The maximum atomic E-state index is 12.9. The van der Waals surface area contributed by atoms with Gasteiger partial charge in [-0.15, -0.1) is 4.40 Å². The van der Waals surface area contributed by atoms with E-state index in [4.69, 9.17) is 16.9 Å². The Morgan fingerprint density at radius 2 is 2.12 bits per heavy atom. The molecule has 0 N–H and O–H groups in total. The van der Waals surface area contributed by atoms with Gasteiger partial charge in [0.2, 0.25) is 0 Å².